The summed E-state index contributed by atoms with van der Waals surface area (Å²) in [6.07, 6.45) is 7.44. The summed E-state index contributed by atoms with van der Waals surface area (Å²) in [4.78, 5) is 18.8. The number of hydrogen-bond donors (Lipinski definition) is 0. The first-order valence-corrected chi connectivity index (χ1v) is 8.85. The Bertz CT molecular complexity index is 698. The number of rotatable bonds is 3. The first-order valence-electron chi connectivity index (χ1n) is 7.40. The van der Waals surface area contributed by atoms with Crippen molar-refractivity contribution in [1.82, 2.24) is 14.5 Å². The van der Waals surface area contributed by atoms with Crippen LogP contribution in [-0.2, 0) is 0 Å². The number of imidazole rings is 1. The summed E-state index contributed by atoms with van der Waals surface area (Å²) in [5, 5.41) is 0.572. The van der Waals surface area contributed by atoms with Crippen molar-refractivity contribution in [1.29, 1.82) is 0 Å². The monoisotopic (exact) mass is 445 g/mol. The van der Waals surface area contributed by atoms with Crippen molar-refractivity contribution in [2.24, 2.45) is 0 Å². The third-order valence-electron chi connectivity index (χ3n) is 4.17. The van der Waals surface area contributed by atoms with Gasteiger partial charge in [0.05, 0.1) is 24.0 Å². The molecule has 3 rings (SSSR count). The molecular formula is C16H17ClIN3O2. The number of benzene rings is 1. The van der Waals surface area contributed by atoms with E-state index in [0.29, 0.717) is 35.5 Å². The topological polar surface area (TPSA) is 47.4 Å². The number of carbonyl (C=O) groups excluding carboxylic acids is 1. The van der Waals surface area contributed by atoms with Crippen molar-refractivity contribution in [2.75, 3.05) is 20.2 Å². The van der Waals surface area contributed by atoms with Gasteiger partial charge in [0.1, 0.15) is 5.75 Å². The standard InChI is InChI=1S/C16H17ClIN3O2/c1-23-15-9-14(18)13(17)8-12(15)16(22)20-5-2-11(3-6-20)21-7-4-19-10-21/h4,7-11H,2-3,5-6H2,1H3. The van der Waals surface area contributed by atoms with E-state index in [1.807, 2.05) is 17.4 Å². The molecule has 5 nitrogen and oxygen atoms in total. The van der Waals surface area contributed by atoms with E-state index in [-0.39, 0.29) is 5.91 Å². The van der Waals surface area contributed by atoms with Gasteiger partial charge in [0.25, 0.3) is 5.91 Å². The molecule has 1 aromatic carbocycles. The summed E-state index contributed by atoms with van der Waals surface area (Å²) in [5.74, 6) is 0.546. The zero-order valence-electron chi connectivity index (χ0n) is 12.7. The number of likely N-dealkylation sites (tertiary alicyclic amines) is 1. The molecule has 1 aliphatic heterocycles. The first-order chi connectivity index (χ1) is 11.1. The highest BCUT2D eigenvalue weighted by Gasteiger charge is 2.26. The molecule has 7 heteroatoms. The Morgan fingerprint density at radius 2 is 2.13 bits per heavy atom. The maximum absolute atomic E-state index is 12.8. The van der Waals surface area contributed by atoms with Crippen LogP contribution in [0.4, 0.5) is 0 Å². The highest BCUT2D eigenvalue weighted by molar-refractivity contribution is 14.1. The van der Waals surface area contributed by atoms with E-state index < -0.39 is 0 Å². The average molecular weight is 446 g/mol. The molecule has 23 heavy (non-hydrogen) atoms. The van der Waals surface area contributed by atoms with Crippen LogP contribution in [0, 0.1) is 3.57 Å². The maximum Gasteiger partial charge on any atom is 0.257 e. The molecule has 0 atom stereocenters. The van der Waals surface area contributed by atoms with Gasteiger partial charge in [-0.15, -0.1) is 0 Å². The third-order valence-corrected chi connectivity index (χ3v) is 5.70. The van der Waals surface area contributed by atoms with Gasteiger partial charge in [-0.25, -0.2) is 4.98 Å². The molecule has 1 aromatic heterocycles. The largest absolute Gasteiger partial charge is 0.496 e. The molecule has 2 aromatic rings. The molecule has 0 aliphatic carbocycles. The summed E-state index contributed by atoms with van der Waals surface area (Å²) in [6, 6.07) is 3.91. The Hall–Kier alpha value is -1.28. The van der Waals surface area contributed by atoms with Crippen molar-refractivity contribution in [3.05, 3.63) is 45.0 Å². The molecule has 0 radical (unpaired) electrons. The van der Waals surface area contributed by atoms with Gasteiger partial charge in [0.2, 0.25) is 0 Å². The number of carbonyl (C=O) groups is 1. The van der Waals surface area contributed by atoms with Gasteiger partial charge in [-0.3, -0.25) is 4.79 Å². The Morgan fingerprint density at radius 3 is 2.74 bits per heavy atom. The van der Waals surface area contributed by atoms with Crippen LogP contribution >= 0.6 is 34.2 Å². The van der Waals surface area contributed by atoms with E-state index in [9.17, 15) is 4.79 Å². The van der Waals surface area contributed by atoms with E-state index in [1.165, 1.54) is 0 Å². The fraction of sp³-hybridized carbons (Fsp3) is 0.375. The minimum Gasteiger partial charge on any atom is -0.496 e. The number of hydrogen-bond acceptors (Lipinski definition) is 3. The Balaban J connectivity index is 1.74. The molecule has 1 aliphatic rings. The number of piperidine rings is 1. The zero-order valence-corrected chi connectivity index (χ0v) is 15.6. The molecule has 0 unspecified atom stereocenters. The van der Waals surface area contributed by atoms with E-state index in [0.717, 1.165) is 16.4 Å². The Labute approximate surface area is 153 Å². The summed E-state index contributed by atoms with van der Waals surface area (Å²) >= 11 is 8.30. The van der Waals surface area contributed by atoms with Crippen LogP contribution in [0.15, 0.2) is 30.9 Å². The zero-order chi connectivity index (χ0) is 16.4. The number of amides is 1. The highest BCUT2D eigenvalue weighted by Crippen LogP contribution is 2.30. The number of methoxy groups -OCH3 is 1. The molecule has 2 heterocycles. The van der Waals surface area contributed by atoms with Crippen LogP contribution in [0.3, 0.4) is 0 Å². The van der Waals surface area contributed by atoms with Crippen molar-refractivity contribution in [3.8, 4) is 5.75 Å². The molecule has 1 fully saturated rings. The number of aromatic nitrogens is 2. The predicted molar refractivity (Wildman–Crippen MR) is 97.1 cm³/mol. The van der Waals surface area contributed by atoms with Crippen molar-refractivity contribution in [3.63, 3.8) is 0 Å². The minimum absolute atomic E-state index is 0.0239. The van der Waals surface area contributed by atoms with Crippen molar-refractivity contribution >= 4 is 40.1 Å². The maximum atomic E-state index is 12.8. The molecule has 0 bridgehead atoms. The van der Waals surface area contributed by atoms with Crippen LogP contribution in [0.2, 0.25) is 5.02 Å². The molecule has 0 N–H and O–H groups in total. The fourth-order valence-corrected chi connectivity index (χ4v) is 3.49. The molecule has 0 spiro atoms. The second-order valence-corrected chi connectivity index (χ2v) is 7.07. The average Bonchev–Trinajstić information content (AvgIpc) is 3.11. The summed E-state index contributed by atoms with van der Waals surface area (Å²) < 4.78 is 8.34. The van der Waals surface area contributed by atoms with Crippen LogP contribution in [0.1, 0.15) is 29.2 Å². The number of nitrogens with zero attached hydrogens (tertiary/aromatic N) is 3. The van der Waals surface area contributed by atoms with Crippen LogP contribution in [-0.4, -0.2) is 40.6 Å². The molecule has 0 saturated carbocycles. The van der Waals surface area contributed by atoms with Gasteiger partial charge in [0, 0.05) is 35.1 Å². The lowest BCUT2D eigenvalue weighted by atomic mass is 10.0. The smallest absolute Gasteiger partial charge is 0.257 e. The Morgan fingerprint density at radius 1 is 1.39 bits per heavy atom. The van der Waals surface area contributed by atoms with Gasteiger partial charge < -0.3 is 14.2 Å². The second-order valence-electron chi connectivity index (χ2n) is 5.50. The van der Waals surface area contributed by atoms with Gasteiger partial charge in [0.15, 0.2) is 0 Å². The third kappa shape index (κ3) is 3.47. The quantitative estimate of drug-likeness (QED) is 0.678. The predicted octanol–water partition coefficient (Wildman–Crippen LogP) is 3.63. The lowest BCUT2D eigenvalue weighted by molar-refractivity contribution is 0.0691. The normalized spacial score (nSPS) is 15.7. The first kappa shape index (κ1) is 16.6. The van der Waals surface area contributed by atoms with Gasteiger partial charge >= 0.3 is 0 Å². The lowest BCUT2D eigenvalue weighted by Gasteiger charge is -2.33. The van der Waals surface area contributed by atoms with E-state index in [1.54, 1.807) is 25.4 Å². The van der Waals surface area contributed by atoms with E-state index in [4.69, 9.17) is 16.3 Å². The molecule has 1 amide bonds. The van der Waals surface area contributed by atoms with Crippen LogP contribution in [0.5, 0.6) is 5.75 Å². The van der Waals surface area contributed by atoms with E-state index >= 15 is 0 Å². The van der Waals surface area contributed by atoms with Gasteiger partial charge in [-0.1, -0.05) is 11.6 Å². The van der Waals surface area contributed by atoms with Gasteiger partial charge in [-0.05, 0) is 47.6 Å². The van der Waals surface area contributed by atoms with Crippen LogP contribution in [0.25, 0.3) is 0 Å². The van der Waals surface area contributed by atoms with Crippen LogP contribution < -0.4 is 4.74 Å². The minimum atomic E-state index is -0.0239. The molecular weight excluding hydrogens is 429 g/mol. The summed E-state index contributed by atoms with van der Waals surface area (Å²) in [5.41, 5.74) is 0.527. The fourth-order valence-electron chi connectivity index (χ4n) is 2.89. The SMILES string of the molecule is COc1cc(I)c(Cl)cc1C(=O)N1CCC(n2ccnc2)CC1. The Kier molecular flexibility index (Phi) is 5.11. The lowest BCUT2D eigenvalue weighted by Crippen LogP contribution is -2.39. The second kappa shape index (κ2) is 7.09. The summed E-state index contributed by atoms with van der Waals surface area (Å²) in [6.45, 7) is 1.43. The van der Waals surface area contributed by atoms with E-state index in [2.05, 4.69) is 32.1 Å². The van der Waals surface area contributed by atoms with Crippen molar-refractivity contribution in [2.45, 2.75) is 18.9 Å². The van der Waals surface area contributed by atoms with Crippen molar-refractivity contribution < 1.29 is 9.53 Å². The summed E-state index contributed by atoms with van der Waals surface area (Å²) in [7, 11) is 1.57. The molecule has 122 valence electrons. The molecule has 1 saturated heterocycles. The number of halogens is 2. The van der Waals surface area contributed by atoms with Gasteiger partial charge in [-0.2, -0.15) is 0 Å². The number of ether oxygens (including phenoxy) is 1. The highest BCUT2D eigenvalue weighted by atomic mass is 127.